The van der Waals surface area contributed by atoms with Crippen LogP contribution in [-0.4, -0.2) is 57.9 Å². The van der Waals surface area contributed by atoms with Gasteiger partial charge in [0.25, 0.3) is 0 Å². The van der Waals surface area contributed by atoms with Crippen LogP contribution in [0.1, 0.15) is 187 Å². The van der Waals surface area contributed by atoms with Gasteiger partial charge in [0.05, 0.1) is 30.5 Å². The Hall–Kier alpha value is -0.950. The Morgan fingerprint density at radius 3 is 1.41 bits per heavy atom. The first-order valence-electron chi connectivity index (χ1n) is 19.0. The minimum absolute atomic E-state index is 0.104. The van der Waals surface area contributed by atoms with Gasteiger partial charge in [0.2, 0.25) is 0 Å². The van der Waals surface area contributed by atoms with Gasteiger partial charge in [-0.25, -0.2) is 4.79 Å². The molecule has 44 heavy (non-hydrogen) atoms. The predicted molar refractivity (Wildman–Crippen MR) is 181 cm³/mol. The van der Waals surface area contributed by atoms with Crippen molar-refractivity contribution in [1.82, 2.24) is 0 Å². The van der Waals surface area contributed by atoms with Crippen molar-refractivity contribution in [3.05, 3.63) is 11.6 Å². The van der Waals surface area contributed by atoms with Gasteiger partial charge in [0.15, 0.2) is 0 Å². The van der Waals surface area contributed by atoms with Crippen LogP contribution in [0.3, 0.4) is 0 Å². The van der Waals surface area contributed by atoms with E-state index in [2.05, 4.69) is 6.92 Å². The van der Waals surface area contributed by atoms with Crippen LogP contribution in [0.25, 0.3) is 0 Å². The molecular formula is C38H70O6. The molecule has 2 heterocycles. The normalized spacial score (nSPS) is 22.2. The zero-order chi connectivity index (χ0) is 31.8. The molecule has 258 valence electrons. The Labute approximate surface area is 270 Å². The van der Waals surface area contributed by atoms with E-state index in [4.69, 9.17) is 9.47 Å². The Bertz CT molecular complexity index is 739. The molecule has 0 bridgehead atoms. The van der Waals surface area contributed by atoms with Crippen LogP contribution >= 0.6 is 0 Å². The molecule has 0 saturated carbocycles. The van der Waals surface area contributed by atoms with E-state index in [0.29, 0.717) is 12.0 Å². The fraction of sp³-hybridized carbons (Fsp3) is 0.921. The molecule has 2 aliphatic rings. The first-order chi connectivity index (χ1) is 21.4. The monoisotopic (exact) mass is 623 g/mol. The molecule has 0 radical (unpaired) electrons. The average molecular weight is 623 g/mol. The lowest BCUT2D eigenvalue weighted by atomic mass is 9.99. The summed E-state index contributed by atoms with van der Waals surface area (Å²) in [6.45, 7) is 4.11. The van der Waals surface area contributed by atoms with Crippen molar-refractivity contribution >= 4 is 5.97 Å². The van der Waals surface area contributed by atoms with Crippen molar-refractivity contribution in [3.63, 3.8) is 0 Å². The number of unbranched alkanes of at least 4 members (excludes halogenated alkanes) is 19. The van der Waals surface area contributed by atoms with Crippen molar-refractivity contribution in [2.75, 3.05) is 0 Å². The summed E-state index contributed by atoms with van der Waals surface area (Å²) in [5.74, 6) is -0.279. The molecule has 0 aromatic heterocycles. The summed E-state index contributed by atoms with van der Waals surface area (Å²) >= 11 is 0. The average Bonchev–Trinajstić information content (AvgIpc) is 3.62. The molecule has 2 rings (SSSR count). The molecular weight excluding hydrogens is 552 g/mol. The van der Waals surface area contributed by atoms with Gasteiger partial charge < -0.3 is 24.8 Å². The highest BCUT2D eigenvalue weighted by Crippen LogP contribution is 2.28. The standard InChI is InChI=1S/C38H70O6/c1-3-4-5-6-7-8-9-10-11-12-16-19-22-25-34(40)36-27-28-37(44-36)35(41)26-23-20-17-14-13-15-18-21-24-33(39)30-32-29-31(2)43-38(32)42/h29,31,33-37,39-41H,3-28,30H2,1-2H3. The number of hydrogen-bond acceptors (Lipinski definition) is 6. The summed E-state index contributed by atoms with van der Waals surface area (Å²) in [5.41, 5.74) is 0.618. The van der Waals surface area contributed by atoms with Crippen molar-refractivity contribution in [1.29, 1.82) is 0 Å². The van der Waals surface area contributed by atoms with E-state index in [-0.39, 0.29) is 24.3 Å². The third-order valence-corrected chi connectivity index (χ3v) is 9.78. The smallest absolute Gasteiger partial charge is 0.334 e. The second kappa shape index (κ2) is 25.2. The first kappa shape index (κ1) is 39.2. The van der Waals surface area contributed by atoms with Crippen LogP contribution in [0.2, 0.25) is 0 Å². The minimum atomic E-state index is -0.461. The molecule has 1 fully saturated rings. The van der Waals surface area contributed by atoms with Gasteiger partial charge in [0, 0.05) is 12.0 Å². The van der Waals surface area contributed by atoms with Crippen molar-refractivity contribution in [2.24, 2.45) is 0 Å². The van der Waals surface area contributed by atoms with Gasteiger partial charge in [-0.1, -0.05) is 142 Å². The Morgan fingerprint density at radius 1 is 0.636 bits per heavy atom. The number of aliphatic hydroxyl groups is 3. The van der Waals surface area contributed by atoms with E-state index in [1.54, 1.807) is 0 Å². The van der Waals surface area contributed by atoms with Gasteiger partial charge in [0.1, 0.15) is 6.10 Å². The largest absolute Gasteiger partial charge is 0.455 e. The van der Waals surface area contributed by atoms with E-state index in [1.807, 2.05) is 13.0 Å². The van der Waals surface area contributed by atoms with Gasteiger partial charge in [-0.2, -0.15) is 0 Å². The Balaban J connectivity index is 1.35. The van der Waals surface area contributed by atoms with Crippen LogP contribution in [0.5, 0.6) is 0 Å². The summed E-state index contributed by atoms with van der Waals surface area (Å²) in [5, 5.41) is 31.5. The van der Waals surface area contributed by atoms with Crippen LogP contribution in [0.15, 0.2) is 11.6 Å². The number of carbonyl (C=O) groups is 1. The number of carbonyl (C=O) groups excluding carboxylic acids is 1. The topological polar surface area (TPSA) is 96.2 Å². The molecule has 0 spiro atoms. The van der Waals surface area contributed by atoms with Crippen LogP contribution in [0.4, 0.5) is 0 Å². The van der Waals surface area contributed by atoms with Gasteiger partial charge in [-0.15, -0.1) is 0 Å². The quantitative estimate of drug-likeness (QED) is 0.0568. The maximum Gasteiger partial charge on any atom is 0.334 e. The molecule has 2 aliphatic heterocycles. The lowest BCUT2D eigenvalue weighted by Crippen LogP contribution is -2.31. The molecule has 6 atom stereocenters. The molecule has 6 nitrogen and oxygen atoms in total. The van der Waals surface area contributed by atoms with Crippen LogP contribution < -0.4 is 0 Å². The van der Waals surface area contributed by atoms with Crippen LogP contribution in [0, 0.1) is 0 Å². The molecule has 6 unspecified atom stereocenters. The summed E-state index contributed by atoms with van der Waals surface area (Å²) in [6.07, 6.45) is 31.0. The van der Waals surface area contributed by atoms with Gasteiger partial charge in [-0.05, 0) is 45.1 Å². The third-order valence-electron chi connectivity index (χ3n) is 9.78. The lowest BCUT2D eigenvalue weighted by Gasteiger charge is -2.22. The molecule has 0 aliphatic carbocycles. The van der Waals surface area contributed by atoms with Crippen molar-refractivity contribution < 1.29 is 29.6 Å². The van der Waals surface area contributed by atoms with Crippen molar-refractivity contribution in [3.8, 4) is 0 Å². The van der Waals surface area contributed by atoms with Crippen LogP contribution in [-0.2, 0) is 14.3 Å². The second-order valence-corrected chi connectivity index (χ2v) is 14.0. The Kier molecular flexibility index (Phi) is 22.4. The van der Waals surface area contributed by atoms with E-state index >= 15 is 0 Å². The number of cyclic esters (lactones) is 1. The first-order valence-corrected chi connectivity index (χ1v) is 19.0. The van der Waals surface area contributed by atoms with E-state index in [0.717, 1.165) is 64.2 Å². The Morgan fingerprint density at radius 2 is 1.02 bits per heavy atom. The lowest BCUT2D eigenvalue weighted by molar-refractivity contribution is -0.139. The van der Waals surface area contributed by atoms with E-state index in [9.17, 15) is 20.1 Å². The molecule has 0 amide bonds. The highest BCUT2D eigenvalue weighted by atomic mass is 16.5. The zero-order valence-electron chi connectivity index (χ0n) is 28.7. The summed E-state index contributed by atoms with van der Waals surface area (Å²) in [7, 11) is 0. The maximum atomic E-state index is 11.7. The zero-order valence-corrected chi connectivity index (χ0v) is 28.7. The number of aliphatic hydroxyl groups excluding tert-OH is 3. The third kappa shape index (κ3) is 18.3. The van der Waals surface area contributed by atoms with Gasteiger partial charge >= 0.3 is 5.97 Å². The fourth-order valence-electron chi connectivity index (χ4n) is 6.93. The fourth-order valence-corrected chi connectivity index (χ4v) is 6.93. The molecule has 6 heteroatoms. The SMILES string of the molecule is CCCCCCCCCCCCCCCC(O)C1CCC(C(O)CCCCCCCCCCC(O)CC2=CC(C)OC2=O)O1. The summed E-state index contributed by atoms with van der Waals surface area (Å²) in [4.78, 5) is 11.7. The molecule has 0 aromatic rings. The highest BCUT2D eigenvalue weighted by molar-refractivity contribution is 5.90. The highest BCUT2D eigenvalue weighted by Gasteiger charge is 2.34. The molecule has 1 saturated heterocycles. The number of rotatable bonds is 29. The second-order valence-electron chi connectivity index (χ2n) is 14.0. The van der Waals surface area contributed by atoms with E-state index in [1.165, 1.54) is 103 Å². The maximum absolute atomic E-state index is 11.7. The predicted octanol–water partition coefficient (Wildman–Crippen LogP) is 9.26. The number of esters is 1. The summed E-state index contributed by atoms with van der Waals surface area (Å²) < 4.78 is 11.2. The van der Waals surface area contributed by atoms with E-state index < -0.39 is 18.3 Å². The van der Waals surface area contributed by atoms with Crippen molar-refractivity contribution in [2.45, 2.75) is 224 Å². The summed E-state index contributed by atoms with van der Waals surface area (Å²) in [6, 6.07) is 0. The minimum Gasteiger partial charge on any atom is -0.455 e. The number of ether oxygens (including phenoxy) is 2. The molecule has 0 aromatic carbocycles. The molecule has 3 N–H and O–H groups in total. The van der Waals surface area contributed by atoms with Gasteiger partial charge in [-0.3, -0.25) is 0 Å². The number of hydrogen-bond donors (Lipinski definition) is 3.